The summed E-state index contributed by atoms with van der Waals surface area (Å²) in [6.07, 6.45) is 18.0. The molecule has 4 saturated heterocycles. The molecule has 16 heteroatoms. The Hall–Kier alpha value is -1.98. The number of aliphatic hydroxyl groups excluding tert-OH is 2. The van der Waals surface area contributed by atoms with E-state index in [9.17, 15) is 55.3 Å². The van der Waals surface area contributed by atoms with Crippen LogP contribution in [0.25, 0.3) is 0 Å². The third-order valence-corrected chi connectivity index (χ3v) is 26.3. The molecule has 76 heavy (non-hydrogen) atoms. The summed E-state index contributed by atoms with van der Waals surface area (Å²) in [5.41, 5.74) is 0.234. The van der Waals surface area contributed by atoms with Crippen LogP contribution in [0, 0.1) is 105 Å². The zero-order chi connectivity index (χ0) is 54.9. The molecule has 2 amide bonds. The van der Waals surface area contributed by atoms with E-state index in [1.165, 1.54) is 9.80 Å². The molecule has 432 valence electrons. The van der Waals surface area contributed by atoms with Crippen molar-refractivity contribution in [2.24, 2.45) is 105 Å². The van der Waals surface area contributed by atoms with Crippen LogP contribution in [0.4, 0.5) is 0 Å². The van der Waals surface area contributed by atoms with E-state index >= 15 is 0 Å². The number of amides is 2. The summed E-state index contributed by atoms with van der Waals surface area (Å²) < 4.78 is 67.6. The fourth-order valence-corrected chi connectivity index (χ4v) is 22.0. The zero-order valence-corrected chi connectivity index (χ0v) is 48.8. The Bertz CT molecular complexity index is 2220. The second kappa shape index (κ2) is 22.4. The van der Waals surface area contributed by atoms with E-state index in [2.05, 4.69) is 41.5 Å². The third kappa shape index (κ3) is 11.7. The molecule has 12 rings (SSSR count). The molecule has 20 atom stereocenters. The van der Waals surface area contributed by atoms with Crippen LogP contribution >= 0.6 is 0 Å². The van der Waals surface area contributed by atoms with E-state index in [0.29, 0.717) is 73.0 Å². The van der Waals surface area contributed by atoms with Crippen molar-refractivity contribution >= 4 is 43.6 Å². The quantitative estimate of drug-likeness (QED) is 0.144. The van der Waals surface area contributed by atoms with Crippen molar-refractivity contribution < 1.29 is 55.3 Å². The Labute approximate surface area is 456 Å². The number of fused-ring (bicyclic) bond motifs is 2. The lowest BCUT2D eigenvalue weighted by Crippen LogP contribution is -2.58. The van der Waals surface area contributed by atoms with Crippen LogP contribution < -0.4 is 0 Å². The summed E-state index contributed by atoms with van der Waals surface area (Å²) >= 11 is 0. The number of hydrogen-bond donors (Lipinski definition) is 4. The standard InChI is InChI=1S/C60H98N2O12S2/c1-37-9-7-23-61(25-27-75(69,70)71)53(67)36-54(68)62(26-28-76(72,73)74)24-8-10-38(2)46-12-14-48-56-50(18-22-60(46,48)6)58(4)20-16-40(30-42(58)34-52(56)66)32-44(64)35-43(63)31-39-15-19-57(3)41(29-39)33-51(65)55-47-13-11-45(37)59(47,5)21-17-49(55)57/h37-42,45-52,55-56,65-66H,7-36H2,1-6H3,(H,69,70,71)(H,72,73,74)/t37-,38+,39-,40-,41?,42?,45-,46-,47+,48+,49+,50+,51+,52+,55+,56+,57+,58+,59-,60-/m1/s1. The van der Waals surface area contributed by atoms with Gasteiger partial charge in [-0.05, 0) is 233 Å². The lowest BCUT2D eigenvalue weighted by Gasteiger charge is -2.62. The summed E-state index contributed by atoms with van der Waals surface area (Å²) in [6.45, 7) is 14.1. The highest BCUT2D eigenvalue weighted by molar-refractivity contribution is 7.86. The van der Waals surface area contributed by atoms with Crippen molar-refractivity contribution in [1.82, 2.24) is 9.80 Å². The van der Waals surface area contributed by atoms with Gasteiger partial charge in [-0.15, -0.1) is 0 Å². The highest BCUT2D eigenvalue weighted by Crippen LogP contribution is 2.71. The SMILES string of the molecule is C[C@@H]1CCCN(CCS(=O)(=O)O)C(=O)CC(=O)N(CCS(=O)(=O)O)CCC[C@H](C)[C@H]2CC[C@H]3[C@@H]4[C@@H](O)CC5C[C@@H](CC[C@]5(C)[C@H]4CC[C@]23C)CC(=O)CC(=O)C[C@@H]2CC[C@@]3(C)C(C2)C[C@H](O)[C@H]2[C@@H]4CC[C@H]1[C@@]4(C)CC[C@@H]23. The highest BCUT2D eigenvalue weighted by Gasteiger charge is 2.65. The van der Waals surface area contributed by atoms with E-state index in [-0.39, 0.29) is 101 Å². The Balaban J connectivity index is 0.936. The number of Topliss-reactive ketones (excluding diaryl/α,β-unsaturated/α-hetero) is 2. The maximum Gasteiger partial charge on any atom is 0.266 e. The summed E-state index contributed by atoms with van der Waals surface area (Å²) in [5.74, 6) is 2.10. The van der Waals surface area contributed by atoms with Crippen molar-refractivity contribution in [2.75, 3.05) is 37.7 Å². The molecule has 8 aliphatic carbocycles. The number of rotatable bonds is 6. The van der Waals surface area contributed by atoms with Gasteiger partial charge in [0.2, 0.25) is 11.8 Å². The van der Waals surface area contributed by atoms with Gasteiger partial charge in [-0.2, -0.15) is 16.8 Å². The zero-order valence-electron chi connectivity index (χ0n) is 47.2. The number of aliphatic hydroxyl groups is 2. The first-order valence-electron chi connectivity index (χ1n) is 30.5. The molecule has 0 aromatic carbocycles. The van der Waals surface area contributed by atoms with E-state index in [1.54, 1.807) is 0 Å². The molecule has 8 saturated carbocycles. The number of hydrogen-bond acceptors (Lipinski definition) is 10. The Morgan fingerprint density at radius 1 is 0.474 bits per heavy atom. The van der Waals surface area contributed by atoms with E-state index in [1.807, 2.05) is 0 Å². The molecule has 4 heterocycles. The van der Waals surface area contributed by atoms with Crippen LogP contribution in [0.5, 0.6) is 0 Å². The van der Waals surface area contributed by atoms with Gasteiger partial charge in [0.25, 0.3) is 20.2 Å². The van der Waals surface area contributed by atoms with E-state index in [4.69, 9.17) is 0 Å². The van der Waals surface area contributed by atoms with Gasteiger partial charge < -0.3 is 20.0 Å². The maximum absolute atomic E-state index is 14.1. The van der Waals surface area contributed by atoms with Crippen LogP contribution in [-0.2, 0) is 39.4 Å². The molecular weight excluding hydrogens is 1000 g/mol. The Morgan fingerprint density at radius 2 is 0.829 bits per heavy atom. The minimum absolute atomic E-state index is 0.0199. The van der Waals surface area contributed by atoms with E-state index < -0.39 is 62.2 Å². The summed E-state index contributed by atoms with van der Waals surface area (Å²) in [7, 11) is -8.86. The lowest BCUT2D eigenvalue weighted by molar-refractivity contribution is -0.170. The van der Waals surface area contributed by atoms with Crippen molar-refractivity contribution in [2.45, 2.75) is 208 Å². The molecule has 12 fully saturated rings. The van der Waals surface area contributed by atoms with Crippen LogP contribution in [-0.4, -0.2) is 119 Å². The first-order valence-corrected chi connectivity index (χ1v) is 33.7. The molecule has 0 radical (unpaired) electrons. The minimum Gasteiger partial charge on any atom is -0.393 e. The summed E-state index contributed by atoms with van der Waals surface area (Å²) in [6, 6.07) is 0. The van der Waals surface area contributed by atoms with Crippen LogP contribution in [0.15, 0.2) is 0 Å². The number of carbonyl (C=O) groups excluding carboxylic acids is 4. The number of nitrogens with zero attached hydrogens (tertiary/aromatic N) is 2. The largest absolute Gasteiger partial charge is 0.393 e. The fraction of sp³-hybridized carbons (Fsp3) is 0.933. The Kier molecular flexibility index (Phi) is 17.3. The third-order valence-electron chi connectivity index (χ3n) is 25.0. The van der Waals surface area contributed by atoms with Gasteiger partial charge in [0.1, 0.15) is 18.0 Å². The second-order valence-electron chi connectivity index (χ2n) is 28.7. The predicted octanol–water partition coefficient (Wildman–Crippen LogP) is 9.46. The van der Waals surface area contributed by atoms with Crippen molar-refractivity contribution in [1.29, 1.82) is 0 Å². The topological polar surface area (TPSA) is 224 Å². The molecule has 4 N–H and O–H groups in total. The van der Waals surface area contributed by atoms with Gasteiger partial charge in [0, 0.05) is 39.0 Å². The monoisotopic (exact) mass is 1100 g/mol. The first kappa shape index (κ1) is 58.7. The molecule has 0 aromatic rings. The second-order valence-corrected chi connectivity index (χ2v) is 31.9. The average molecular weight is 1100 g/mol. The Morgan fingerprint density at radius 3 is 1.21 bits per heavy atom. The van der Waals surface area contributed by atoms with Crippen LogP contribution in [0.3, 0.4) is 0 Å². The fourth-order valence-electron chi connectivity index (χ4n) is 21.1. The predicted molar refractivity (Wildman–Crippen MR) is 291 cm³/mol. The molecular formula is C60H98N2O12S2. The van der Waals surface area contributed by atoms with Gasteiger partial charge >= 0.3 is 0 Å². The van der Waals surface area contributed by atoms with Gasteiger partial charge in [0.05, 0.1) is 30.1 Å². The van der Waals surface area contributed by atoms with Crippen molar-refractivity contribution in [3.63, 3.8) is 0 Å². The minimum atomic E-state index is -4.43. The highest BCUT2D eigenvalue weighted by atomic mass is 32.2. The number of ketones is 2. The molecule has 2 unspecified atom stereocenters. The molecule has 14 nitrogen and oxygen atoms in total. The normalized spacial score (nSPS) is 46.4. The van der Waals surface area contributed by atoms with Crippen molar-refractivity contribution in [3.8, 4) is 0 Å². The average Bonchev–Trinajstić information content (AvgIpc) is 3.89. The van der Waals surface area contributed by atoms with Gasteiger partial charge in [-0.3, -0.25) is 28.3 Å². The lowest BCUT2D eigenvalue weighted by atomic mass is 9.43. The van der Waals surface area contributed by atoms with Gasteiger partial charge in [-0.1, -0.05) is 41.5 Å². The van der Waals surface area contributed by atoms with Crippen LogP contribution in [0.2, 0.25) is 0 Å². The van der Waals surface area contributed by atoms with Crippen LogP contribution in [0.1, 0.15) is 196 Å². The van der Waals surface area contributed by atoms with Gasteiger partial charge in [0.15, 0.2) is 0 Å². The molecule has 13 bridgehead atoms. The molecule has 0 spiro atoms. The van der Waals surface area contributed by atoms with Crippen molar-refractivity contribution in [3.05, 3.63) is 0 Å². The molecule has 12 aliphatic rings. The summed E-state index contributed by atoms with van der Waals surface area (Å²) in [4.78, 5) is 58.3. The maximum atomic E-state index is 14.1. The summed E-state index contributed by atoms with van der Waals surface area (Å²) in [5, 5.41) is 24.4. The molecule has 4 aliphatic heterocycles. The number of carbonyl (C=O) groups is 4. The first-order chi connectivity index (χ1) is 35.6. The van der Waals surface area contributed by atoms with E-state index in [0.717, 1.165) is 116 Å². The van der Waals surface area contributed by atoms with Gasteiger partial charge in [-0.25, -0.2) is 0 Å². The smallest absolute Gasteiger partial charge is 0.266 e. The molecule has 0 aromatic heterocycles.